The van der Waals surface area contributed by atoms with Crippen molar-refractivity contribution in [2.75, 3.05) is 11.6 Å². The molecule has 20 heavy (non-hydrogen) atoms. The molecule has 3 atom stereocenters. The SMILES string of the molecule is CSC1CCC(NC(=O)Nc2cccc(C(C)O)c2)C1. The molecule has 0 heterocycles. The average molecular weight is 294 g/mol. The second-order valence-corrected chi connectivity index (χ2v) is 6.41. The summed E-state index contributed by atoms with van der Waals surface area (Å²) in [6.45, 7) is 1.71. The molecule has 2 amide bonds. The lowest BCUT2D eigenvalue weighted by atomic mass is 10.1. The molecule has 0 radical (unpaired) electrons. The summed E-state index contributed by atoms with van der Waals surface area (Å²) in [4.78, 5) is 12.0. The molecular weight excluding hydrogens is 272 g/mol. The van der Waals surface area contributed by atoms with Gasteiger partial charge in [-0.25, -0.2) is 4.79 Å². The lowest BCUT2D eigenvalue weighted by molar-refractivity contribution is 0.199. The first kappa shape index (κ1) is 15.2. The highest BCUT2D eigenvalue weighted by Gasteiger charge is 2.25. The van der Waals surface area contributed by atoms with Crippen molar-refractivity contribution in [3.05, 3.63) is 29.8 Å². The molecule has 1 aliphatic carbocycles. The van der Waals surface area contributed by atoms with Crippen molar-refractivity contribution < 1.29 is 9.90 Å². The molecule has 1 saturated carbocycles. The van der Waals surface area contributed by atoms with Crippen LogP contribution in [0.1, 0.15) is 37.9 Å². The number of carbonyl (C=O) groups is 1. The monoisotopic (exact) mass is 294 g/mol. The fraction of sp³-hybridized carbons (Fsp3) is 0.533. The molecule has 0 spiro atoms. The van der Waals surface area contributed by atoms with Gasteiger partial charge in [-0.1, -0.05) is 12.1 Å². The van der Waals surface area contributed by atoms with Gasteiger partial charge in [-0.15, -0.1) is 0 Å². The Morgan fingerprint density at radius 2 is 2.25 bits per heavy atom. The zero-order valence-corrected chi connectivity index (χ0v) is 12.7. The average Bonchev–Trinajstić information content (AvgIpc) is 2.86. The van der Waals surface area contributed by atoms with Crippen LogP contribution in [0, 0.1) is 0 Å². The van der Waals surface area contributed by atoms with Gasteiger partial charge in [-0.3, -0.25) is 0 Å². The van der Waals surface area contributed by atoms with Crippen LogP contribution in [0.4, 0.5) is 10.5 Å². The molecule has 1 aliphatic rings. The number of anilines is 1. The Balaban J connectivity index is 1.87. The third kappa shape index (κ3) is 4.15. The van der Waals surface area contributed by atoms with E-state index in [2.05, 4.69) is 16.9 Å². The van der Waals surface area contributed by atoms with Crippen LogP contribution in [0.15, 0.2) is 24.3 Å². The minimum Gasteiger partial charge on any atom is -0.389 e. The summed E-state index contributed by atoms with van der Waals surface area (Å²) < 4.78 is 0. The van der Waals surface area contributed by atoms with Crippen LogP contribution in [0.3, 0.4) is 0 Å². The predicted molar refractivity (Wildman–Crippen MR) is 84.2 cm³/mol. The van der Waals surface area contributed by atoms with Gasteiger partial charge in [0.15, 0.2) is 0 Å². The Morgan fingerprint density at radius 1 is 1.45 bits per heavy atom. The molecule has 3 N–H and O–H groups in total. The Bertz CT molecular complexity index is 465. The second-order valence-electron chi connectivity index (χ2n) is 5.27. The van der Waals surface area contributed by atoms with E-state index in [1.54, 1.807) is 13.0 Å². The van der Waals surface area contributed by atoms with Crippen molar-refractivity contribution in [1.82, 2.24) is 5.32 Å². The fourth-order valence-electron chi connectivity index (χ4n) is 2.51. The van der Waals surface area contributed by atoms with Crippen LogP contribution in [0.25, 0.3) is 0 Å². The third-order valence-corrected chi connectivity index (χ3v) is 4.77. The molecule has 1 aromatic carbocycles. The molecule has 1 aromatic rings. The van der Waals surface area contributed by atoms with E-state index in [4.69, 9.17) is 0 Å². The van der Waals surface area contributed by atoms with Gasteiger partial charge in [0.05, 0.1) is 6.10 Å². The van der Waals surface area contributed by atoms with Crippen molar-refractivity contribution in [2.24, 2.45) is 0 Å². The number of carbonyl (C=O) groups excluding carboxylic acids is 1. The summed E-state index contributed by atoms with van der Waals surface area (Å²) in [5.74, 6) is 0. The predicted octanol–water partition coefficient (Wildman–Crippen LogP) is 3.15. The molecule has 0 aliphatic heterocycles. The zero-order valence-electron chi connectivity index (χ0n) is 11.9. The summed E-state index contributed by atoms with van der Waals surface area (Å²) in [5.41, 5.74) is 1.51. The summed E-state index contributed by atoms with van der Waals surface area (Å²) >= 11 is 1.87. The number of hydrogen-bond donors (Lipinski definition) is 3. The maximum atomic E-state index is 12.0. The number of hydrogen-bond acceptors (Lipinski definition) is 3. The molecule has 110 valence electrons. The quantitative estimate of drug-likeness (QED) is 0.799. The third-order valence-electron chi connectivity index (χ3n) is 3.68. The number of rotatable bonds is 4. The first-order valence-corrected chi connectivity index (χ1v) is 8.25. The Hall–Kier alpha value is -1.20. The van der Waals surface area contributed by atoms with E-state index in [1.807, 2.05) is 30.0 Å². The number of thioether (sulfide) groups is 1. The molecule has 0 saturated heterocycles. The number of aliphatic hydroxyl groups excluding tert-OH is 1. The van der Waals surface area contributed by atoms with Crippen LogP contribution in [0.5, 0.6) is 0 Å². The zero-order chi connectivity index (χ0) is 14.5. The number of amides is 2. The van der Waals surface area contributed by atoms with E-state index in [1.165, 1.54) is 6.42 Å². The van der Waals surface area contributed by atoms with Crippen LogP contribution in [-0.4, -0.2) is 28.7 Å². The molecule has 5 heteroatoms. The van der Waals surface area contributed by atoms with Crippen LogP contribution in [0.2, 0.25) is 0 Å². The highest BCUT2D eigenvalue weighted by Crippen LogP contribution is 2.28. The van der Waals surface area contributed by atoms with Crippen molar-refractivity contribution in [3.63, 3.8) is 0 Å². The minimum atomic E-state index is -0.531. The van der Waals surface area contributed by atoms with Crippen LogP contribution >= 0.6 is 11.8 Å². The first-order chi connectivity index (χ1) is 9.58. The standard InChI is InChI=1S/C15H22N2O2S/c1-10(18)11-4-3-5-12(8-11)16-15(19)17-13-6-7-14(9-13)20-2/h3-5,8,10,13-14,18H,6-7,9H2,1-2H3,(H2,16,17,19). The summed E-state index contributed by atoms with van der Waals surface area (Å²) in [5, 5.41) is 16.0. The van der Waals surface area contributed by atoms with Crippen LogP contribution in [-0.2, 0) is 0 Å². The molecule has 1 fully saturated rings. The van der Waals surface area contributed by atoms with E-state index in [0.29, 0.717) is 10.9 Å². The number of nitrogens with one attached hydrogen (secondary N) is 2. The van der Waals surface area contributed by atoms with E-state index < -0.39 is 6.10 Å². The molecular formula is C15H22N2O2S. The van der Waals surface area contributed by atoms with E-state index in [9.17, 15) is 9.90 Å². The number of urea groups is 1. The summed E-state index contributed by atoms with van der Waals surface area (Å²) in [6.07, 6.45) is 4.85. The minimum absolute atomic E-state index is 0.167. The highest BCUT2D eigenvalue weighted by molar-refractivity contribution is 7.99. The first-order valence-electron chi connectivity index (χ1n) is 6.97. The number of benzene rings is 1. The van der Waals surface area contributed by atoms with Crippen molar-refractivity contribution in [3.8, 4) is 0 Å². The van der Waals surface area contributed by atoms with Gasteiger partial charge in [0, 0.05) is 17.0 Å². The van der Waals surface area contributed by atoms with Gasteiger partial charge in [0.2, 0.25) is 0 Å². The van der Waals surface area contributed by atoms with Crippen molar-refractivity contribution >= 4 is 23.5 Å². The van der Waals surface area contributed by atoms with Gasteiger partial charge in [-0.2, -0.15) is 11.8 Å². The van der Waals surface area contributed by atoms with Gasteiger partial charge in [-0.05, 0) is 50.1 Å². The number of aliphatic hydroxyl groups is 1. The van der Waals surface area contributed by atoms with Gasteiger partial charge >= 0.3 is 6.03 Å². The van der Waals surface area contributed by atoms with Gasteiger partial charge in [0.1, 0.15) is 0 Å². The summed E-state index contributed by atoms with van der Waals surface area (Å²) in [7, 11) is 0. The molecule has 0 aromatic heterocycles. The second kappa shape index (κ2) is 6.99. The molecule has 2 rings (SSSR count). The van der Waals surface area contributed by atoms with Gasteiger partial charge in [0.25, 0.3) is 0 Å². The lowest BCUT2D eigenvalue weighted by Crippen LogP contribution is -2.36. The molecule has 0 bridgehead atoms. The van der Waals surface area contributed by atoms with Crippen LogP contribution < -0.4 is 10.6 Å². The molecule has 3 unspecified atom stereocenters. The maximum Gasteiger partial charge on any atom is 0.319 e. The summed E-state index contributed by atoms with van der Waals surface area (Å²) in [6, 6.07) is 7.39. The van der Waals surface area contributed by atoms with Crippen molar-refractivity contribution in [2.45, 2.75) is 43.6 Å². The highest BCUT2D eigenvalue weighted by atomic mass is 32.2. The largest absolute Gasteiger partial charge is 0.389 e. The van der Waals surface area contributed by atoms with Gasteiger partial charge < -0.3 is 15.7 Å². The molecule has 4 nitrogen and oxygen atoms in total. The van der Waals surface area contributed by atoms with E-state index >= 15 is 0 Å². The Morgan fingerprint density at radius 3 is 2.90 bits per heavy atom. The Labute approximate surface area is 124 Å². The Kier molecular flexibility index (Phi) is 5.31. The van der Waals surface area contributed by atoms with E-state index in [0.717, 1.165) is 18.4 Å². The van der Waals surface area contributed by atoms with Crippen molar-refractivity contribution in [1.29, 1.82) is 0 Å². The van der Waals surface area contributed by atoms with E-state index in [-0.39, 0.29) is 12.1 Å². The normalized spacial score (nSPS) is 23.4. The smallest absolute Gasteiger partial charge is 0.319 e. The topological polar surface area (TPSA) is 61.4 Å². The fourth-order valence-corrected chi connectivity index (χ4v) is 3.31. The maximum absolute atomic E-state index is 12.0. The lowest BCUT2D eigenvalue weighted by Gasteiger charge is -2.14.